The number of aryl methyl sites for hydroxylation is 2. The van der Waals surface area contributed by atoms with Crippen LogP contribution in [0.1, 0.15) is 21.5 Å². The van der Waals surface area contributed by atoms with E-state index in [4.69, 9.17) is 0 Å². The van der Waals surface area contributed by atoms with Crippen LogP contribution in [0.4, 0.5) is 5.69 Å². The molecule has 0 aliphatic heterocycles. The van der Waals surface area contributed by atoms with Crippen LogP contribution in [0.2, 0.25) is 0 Å². The topological polar surface area (TPSA) is 102 Å². The molecule has 0 spiro atoms. The van der Waals surface area contributed by atoms with E-state index < -0.39 is 28.4 Å². The first-order valence-electron chi connectivity index (χ1n) is 7.78. The van der Waals surface area contributed by atoms with Gasteiger partial charge in [-0.15, -0.1) is 0 Å². The van der Waals surface area contributed by atoms with Crippen molar-refractivity contribution in [2.24, 2.45) is 0 Å². The van der Waals surface area contributed by atoms with E-state index in [0.717, 1.165) is 5.56 Å². The number of ether oxygens (including phenoxy) is 1. The van der Waals surface area contributed by atoms with Crippen LogP contribution in [0.3, 0.4) is 0 Å². The molecule has 0 saturated heterocycles. The molecule has 2 N–H and O–H groups in total. The summed E-state index contributed by atoms with van der Waals surface area (Å²) in [5, 5.41) is 2.54. The number of rotatable bonds is 6. The van der Waals surface area contributed by atoms with Crippen LogP contribution >= 0.6 is 0 Å². The van der Waals surface area contributed by atoms with Crippen molar-refractivity contribution < 1.29 is 22.7 Å². The Morgan fingerprint density at radius 1 is 1.08 bits per heavy atom. The van der Waals surface area contributed by atoms with Gasteiger partial charge < -0.3 is 10.1 Å². The summed E-state index contributed by atoms with van der Waals surface area (Å²) in [4.78, 5) is 23.7. The fourth-order valence-corrected chi connectivity index (χ4v) is 3.59. The quantitative estimate of drug-likeness (QED) is 0.751. The lowest BCUT2D eigenvalue weighted by molar-refractivity contribution is -0.115. The summed E-state index contributed by atoms with van der Waals surface area (Å²) in [6, 6.07) is 11.2. The number of hydrogen-bond donors (Lipinski definition) is 2. The van der Waals surface area contributed by atoms with Gasteiger partial charge in [-0.3, -0.25) is 4.79 Å². The van der Waals surface area contributed by atoms with Gasteiger partial charge in [0.05, 0.1) is 24.1 Å². The highest BCUT2D eigenvalue weighted by Gasteiger charge is 2.18. The molecular formula is C18H20N2O5S. The van der Waals surface area contributed by atoms with E-state index in [0.29, 0.717) is 11.3 Å². The molecule has 0 bridgehead atoms. The molecule has 0 aliphatic carbocycles. The maximum absolute atomic E-state index is 12.4. The van der Waals surface area contributed by atoms with E-state index in [2.05, 4.69) is 14.8 Å². The van der Waals surface area contributed by atoms with Gasteiger partial charge in [0.25, 0.3) is 0 Å². The molecule has 0 atom stereocenters. The van der Waals surface area contributed by atoms with Crippen LogP contribution in [0.5, 0.6) is 0 Å². The Morgan fingerprint density at radius 3 is 2.50 bits per heavy atom. The minimum Gasteiger partial charge on any atom is -0.465 e. The van der Waals surface area contributed by atoms with Crippen LogP contribution in [0.15, 0.2) is 47.4 Å². The summed E-state index contributed by atoms with van der Waals surface area (Å²) in [5.41, 5.74) is 2.04. The second kappa shape index (κ2) is 8.11. The molecule has 1 amide bonds. The zero-order valence-corrected chi connectivity index (χ0v) is 15.5. The number of esters is 1. The van der Waals surface area contributed by atoms with Crippen molar-refractivity contribution in [3.63, 3.8) is 0 Å². The zero-order valence-electron chi connectivity index (χ0n) is 14.7. The average molecular weight is 376 g/mol. The van der Waals surface area contributed by atoms with Gasteiger partial charge in [-0.1, -0.05) is 18.2 Å². The molecule has 26 heavy (non-hydrogen) atoms. The van der Waals surface area contributed by atoms with Gasteiger partial charge in [-0.25, -0.2) is 17.9 Å². The SMILES string of the molecule is COC(=O)c1cccc(NC(=O)CNS(=O)(=O)c2cc(C)ccc2C)c1. The molecule has 2 rings (SSSR count). The highest BCUT2D eigenvalue weighted by Crippen LogP contribution is 2.16. The summed E-state index contributed by atoms with van der Waals surface area (Å²) < 4.78 is 31.7. The lowest BCUT2D eigenvalue weighted by Crippen LogP contribution is -2.33. The Labute approximate surface area is 152 Å². The molecule has 0 aromatic heterocycles. The number of sulfonamides is 1. The summed E-state index contributed by atoms with van der Waals surface area (Å²) in [6.07, 6.45) is 0. The van der Waals surface area contributed by atoms with E-state index in [-0.39, 0.29) is 10.5 Å². The van der Waals surface area contributed by atoms with Gasteiger partial charge in [-0.2, -0.15) is 0 Å². The van der Waals surface area contributed by atoms with Crippen LogP contribution in [0, 0.1) is 13.8 Å². The number of methoxy groups -OCH3 is 1. The number of carbonyl (C=O) groups is 2. The van der Waals surface area contributed by atoms with Gasteiger partial charge in [0.15, 0.2) is 0 Å². The lowest BCUT2D eigenvalue weighted by atomic mass is 10.2. The summed E-state index contributed by atoms with van der Waals surface area (Å²) in [6.45, 7) is 3.05. The number of carbonyl (C=O) groups excluding carboxylic acids is 2. The smallest absolute Gasteiger partial charge is 0.337 e. The molecule has 138 valence electrons. The van der Waals surface area contributed by atoms with Crippen LogP contribution in [-0.2, 0) is 19.6 Å². The van der Waals surface area contributed by atoms with Crippen molar-refractivity contribution in [2.75, 3.05) is 19.0 Å². The third kappa shape index (κ3) is 4.90. The predicted octanol–water partition coefficient (Wildman–Crippen LogP) is 2.01. The fraction of sp³-hybridized carbons (Fsp3) is 0.222. The van der Waals surface area contributed by atoms with Gasteiger partial charge in [0.2, 0.25) is 15.9 Å². The Bertz CT molecular complexity index is 938. The minimum absolute atomic E-state index is 0.137. The van der Waals surface area contributed by atoms with E-state index >= 15 is 0 Å². The maximum atomic E-state index is 12.4. The van der Waals surface area contributed by atoms with E-state index in [9.17, 15) is 18.0 Å². The maximum Gasteiger partial charge on any atom is 0.337 e. The first kappa shape index (κ1) is 19.6. The van der Waals surface area contributed by atoms with Crippen molar-refractivity contribution in [1.29, 1.82) is 0 Å². The monoisotopic (exact) mass is 376 g/mol. The predicted molar refractivity (Wildman–Crippen MR) is 97.5 cm³/mol. The Morgan fingerprint density at radius 2 is 1.81 bits per heavy atom. The normalized spacial score (nSPS) is 11.0. The number of benzene rings is 2. The standard InChI is InChI=1S/C18H20N2O5S/c1-12-7-8-13(2)16(9-12)26(23,24)19-11-17(21)20-15-6-4-5-14(10-15)18(22)25-3/h4-10,19H,11H2,1-3H3,(H,20,21). The highest BCUT2D eigenvalue weighted by atomic mass is 32.2. The second-order valence-electron chi connectivity index (χ2n) is 5.71. The summed E-state index contributed by atoms with van der Waals surface area (Å²) >= 11 is 0. The molecule has 8 heteroatoms. The summed E-state index contributed by atoms with van der Waals surface area (Å²) in [5.74, 6) is -1.09. The number of amides is 1. The zero-order chi connectivity index (χ0) is 19.3. The molecule has 2 aromatic carbocycles. The Balaban J connectivity index is 2.04. The highest BCUT2D eigenvalue weighted by molar-refractivity contribution is 7.89. The number of hydrogen-bond acceptors (Lipinski definition) is 5. The summed E-state index contributed by atoms with van der Waals surface area (Å²) in [7, 11) is -2.55. The van der Waals surface area contributed by atoms with Crippen LogP contribution in [0.25, 0.3) is 0 Å². The molecule has 0 aliphatic rings. The third-order valence-corrected chi connectivity index (χ3v) is 5.17. The van der Waals surface area contributed by atoms with Crippen molar-refractivity contribution >= 4 is 27.6 Å². The van der Waals surface area contributed by atoms with Crippen LogP contribution in [-0.4, -0.2) is 33.9 Å². The number of anilines is 1. The largest absolute Gasteiger partial charge is 0.465 e. The minimum atomic E-state index is -3.81. The first-order chi connectivity index (χ1) is 12.2. The average Bonchev–Trinajstić information content (AvgIpc) is 2.61. The molecular weight excluding hydrogens is 356 g/mol. The molecule has 0 fully saturated rings. The van der Waals surface area contributed by atoms with Crippen LogP contribution < -0.4 is 10.0 Å². The van der Waals surface area contributed by atoms with Gasteiger partial charge in [-0.05, 0) is 49.2 Å². The van der Waals surface area contributed by atoms with E-state index in [1.54, 1.807) is 44.2 Å². The van der Waals surface area contributed by atoms with Crippen molar-refractivity contribution in [3.8, 4) is 0 Å². The van der Waals surface area contributed by atoms with Gasteiger partial charge in [0.1, 0.15) is 0 Å². The molecule has 2 aromatic rings. The van der Waals surface area contributed by atoms with Crippen molar-refractivity contribution in [1.82, 2.24) is 4.72 Å². The van der Waals surface area contributed by atoms with E-state index in [1.165, 1.54) is 13.2 Å². The molecule has 0 heterocycles. The van der Waals surface area contributed by atoms with Gasteiger partial charge >= 0.3 is 5.97 Å². The third-order valence-electron chi connectivity index (χ3n) is 3.62. The second-order valence-corrected chi connectivity index (χ2v) is 7.45. The lowest BCUT2D eigenvalue weighted by Gasteiger charge is -2.11. The van der Waals surface area contributed by atoms with Crippen molar-refractivity contribution in [3.05, 3.63) is 59.2 Å². The fourth-order valence-electron chi connectivity index (χ4n) is 2.28. The Kier molecular flexibility index (Phi) is 6.12. The molecule has 7 nitrogen and oxygen atoms in total. The Hall–Kier alpha value is -2.71. The molecule has 0 saturated carbocycles. The molecule has 0 unspecified atom stereocenters. The first-order valence-corrected chi connectivity index (χ1v) is 9.26. The van der Waals surface area contributed by atoms with E-state index in [1.807, 2.05) is 6.07 Å². The van der Waals surface area contributed by atoms with Crippen molar-refractivity contribution in [2.45, 2.75) is 18.7 Å². The number of nitrogens with one attached hydrogen (secondary N) is 2. The molecule has 0 radical (unpaired) electrons. The van der Waals surface area contributed by atoms with Gasteiger partial charge in [0, 0.05) is 5.69 Å².